The minimum absolute atomic E-state index is 0.215. The summed E-state index contributed by atoms with van der Waals surface area (Å²) in [5.74, 6) is 0. The number of nitriles is 1. The van der Waals surface area contributed by atoms with Gasteiger partial charge < -0.3 is 5.32 Å². The molecule has 0 atom stereocenters. The molecule has 0 amide bonds. The van der Waals surface area contributed by atoms with E-state index in [0.29, 0.717) is 10.6 Å². The fourth-order valence-electron chi connectivity index (χ4n) is 1.09. The normalized spacial score (nSPS) is 10.9. The van der Waals surface area contributed by atoms with E-state index in [1.54, 1.807) is 12.1 Å². The quantitative estimate of drug-likeness (QED) is 0.829. The Morgan fingerprint density at radius 1 is 1.40 bits per heavy atom. The number of benzene rings is 1. The van der Waals surface area contributed by atoms with Crippen LogP contribution in [0.25, 0.3) is 0 Å². The number of hydrogen-bond acceptors (Lipinski definition) is 2. The van der Waals surface area contributed by atoms with Gasteiger partial charge in [0, 0.05) is 12.2 Å². The van der Waals surface area contributed by atoms with Crippen LogP contribution >= 0.6 is 11.6 Å². The Morgan fingerprint density at radius 3 is 2.60 bits per heavy atom. The topological polar surface area (TPSA) is 35.8 Å². The van der Waals surface area contributed by atoms with Gasteiger partial charge in [0.25, 0.3) is 0 Å². The molecule has 0 spiro atoms. The van der Waals surface area contributed by atoms with Gasteiger partial charge in [-0.05, 0) is 23.6 Å². The summed E-state index contributed by atoms with van der Waals surface area (Å²) in [6.07, 6.45) is 0. The molecule has 0 aliphatic carbocycles. The van der Waals surface area contributed by atoms with Crippen LogP contribution < -0.4 is 5.32 Å². The summed E-state index contributed by atoms with van der Waals surface area (Å²) in [6.45, 7) is 7.32. The third kappa shape index (κ3) is 3.81. The van der Waals surface area contributed by atoms with Gasteiger partial charge in [-0.15, -0.1) is 0 Å². The Bertz CT molecular complexity index is 386. The third-order valence-corrected chi connectivity index (χ3v) is 2.24. The van der Waals surface area contributed by atoms with Gasteiger partial charge >= 0.3 is 0 Å². The van der Waals surface area contributed by atoms with E-state index >= 15 is 0 Å². The molecule has 80 valence electrons. The van der Waals surface area contributed by atoms with Gasteiger partial charge in [-0.2, -0.15) is 5.26 Å². The summed E-state index contributed by atoms with van der Waals surface area (Å²) in [6, 6.07) is 7.46. The fourth-order valence-corrected chi connectivity index (χ4v) is 1.25. The average Bonchev–Trinajstić information content (AvgIpc) is 2.15. The number of nitrogens with zero attached hydrogens (tertiary/aromatic N) is 1. The van der Waals surface area contributed by atoms with Crippen LogP contribution in [0.5, 0.6) is 0 Å². The minimum atomic E-state index is 0.215. The number of rotatable bonds is 2. The summed E-state index contributed by atoms with van der Waals surface area (Å²) in [7, 11) is 0. The van der Waals surface area contributed by atoms with Crippen LogP contribution in [-0.2, 0) is 0 Å². The van der Waals surface area contributed by atoms with Crippen molar-refractivity contribution in [1.82, 2.24) is 0 Å². The molecule has 0 bridgehead atoms. The molecule has 0 aliphatic heterocycles. The molecular formula is C12H15ClN2. The molecule has 0 heterocycles. The molecule has 2 nitrogen and oxygen atoms in total. The van der Waals surface area contributed by atoms with Crippen LogP contribution in [0.1, 0.15) is 26.3 Å². The van der Waals surface area contributed by atoms with E-state index in [9.17, 15) is 0 Å². The highest BCUT2D eigenvalue weighted by molar-refractivity contribution is 6.31. The Balaban J connectivity index is 2.76. The summed E-state index contributed by atoms with van der Waals surface area (Å²) in [5, 5.41) is 12.6. The predicted molar refractivity (Wildman–Crippen MR) is 64.1 cm³/mol. The van der Waals surface area contributed by atoms with E-state index in [4.69, 9.17) is 16.9 Å². The van der Waals surface area contributed by atoms with Crippen molar-refractivity contribution >= 4 is 17.3 Å². The first-order chi connectivity index (χ1) is 6.92. The van der Waals surface area contributed by atoms with Gasteiger partial charge in [-0.1, -0.05) is 32.4 Å². The fraction of sp³-hybridized carbons (Fsp3) is 0.417. The molecule has 1 N–H and O–H groups in total. The van der Waals surface area contributed by atoms with Crippen molar-refractivity contribution < 1.29 is 0 Å². The predicted octanol–water partition coefficient (Wildman–Crippen LogP) is 3.67. The van der Waals surface area contributed by atoms with Gasteiger partial charge in [-0.25, -0.2) is 0 Å². The molecule has 0 unspecified atom stereocenters. The molecule has 0 saturated carbocycles. The highest BCUT2D eigenvalue weighted by Gasteiger charge is 2.09. The maximum absolute atomic E-state index is 8.81. The number of nitrogens with one attached hydrogen (secondary N) is 1. The maximum atomic E-state index is 8.81. The van der Waals surface area contributed by atoms with E-state index < -0.39 is 0 Å². The van der Waals surface area contributed by atoms with E-state index in [1.807, 2.05) is 6.07 Å². The molecule has 0 aliphatic rings. The van der Waals surface area contributed by atoms with Gasteiger partial charge in [0.05, 0.1) is 10.6 Å². The second-order valence-corrected chi connectivity index (χ2v) is 5.13. The summed E-state index contributed by atoms with van der Waals surface area (Å²) in [4.78, 5) is 0. The average molecular weight is 223 g/mol. The highest BCUT2D eigenvalue weighted by Crippen LogP contribution is 2.21. The van der Waals surface area contributed by atoms with Crippen molar-refractivity contribution in [2.75, 3.05) is 11.9 Å². The summed E-state index contributed by atoms with van der Waals surface area (Å²) >= 11 is 5.84. The largest absolute Gasteiger partial charge is 0.384 e. The molecular weight excluding hydrogens is 208 g/mol. The molecule has 15 heavy (non-hydrogen) atoms. The zero-order valence-electron chi connectivity index (χ0n) is 9.26. The van der Waals surface area contributed by atoms with Gasteiger partial charge in [-0.3, -0.25) is 0 Å². The second kappa shape index (κ2) is 4.55. The van der Waals surface area contributed by atoms with Gasteiger partial charge in [0.2, 0.25) is 0 Å². The number of halogens is 1. The first-order valence-electron chi connectivity index (χ1n) is 4.86. The molecule has 0 fully saturated rings. The Morgan fingerprint density at radius 2 is 2.07 bits per heavy atom. The summed E-state index contributed by atoms with van der Waals surface area (Å²) < 4.78 is 0. The molecule has 0 radical (unpaired) electrons. The molecule has 3 heteroatoms. The van der Waals surface area contributed by atoms with Crippen molar-refractivity contribution in [3.63, 3.8) is 0 Å². The van der Waals surface area contributed by atoms with Crippen LogP contribution in [0.2, 0.25) is 5.02 Å². The Labute approximate surface area is 95.9 Å². The number of hydrogen-bond donors (Lipinski definition) is 1. The lowest BCUT2D eigenvalue weighted by molar-refractivity contribution is 0.443. The van der Waals surface area contributed by atoms with Crippen molar-refractivity contribution in [2.24, 2.45) is 5.41 Å². The van der Waals surface area contributed by atoms with Gasteiger partial charge in [0.1, 0.15) is 6.07 Å². The Hall–Kier alpha value is -1.20. The zero-order chi connectivity index (χ0) is 11.5. The number of anilines is 1. The monoisotopic (exact) mass is 222 g/mol. The first kappa shape index (κ1) is 11.9. The minimum Gasteiger partial charge on any atom is -0.384 e. The van der Waals surface area contributed by atoms with Crippen molar-refractivity contribution in [3.05, 3.63) is 28.8 Å². The Kier molecular flexibility index (Phi) is 3.60. The summed E-state index contributed by atoms with van der Waals surface area (Å²) in [5.41, 5.74) is 1.66. The first-order valence-corrected chi connectivity index (χ1v) is 5.24. The van der Waals surface area contributed by atoms with E-state index in [2.05, 4.69) is 32.2 Å². The molecule has 0 saturated heterocycles. The molecule has 1 aromatic carbocycles. The lowest BCUT2D eigenvalue weighted by atomic mass is 9.97. The van der Waals surface area contributed by atoms with Crippen LogP contribution in [0, 0.1) is 16.7 Å². The second-order valence-electron chi connectivity index (χ2n) is 4.72. The molecule has 1 rings (SSSR count). The standard InChI is InChI=1S/C12H15ClN2/c1-12(2,3)8-15-10-4-5-11(13)9(6-10)7-14/h4-6,15H,8H2,1-3H3. The third-order valence-electron chi connectivity index (χ3n) is 1.91. The van der Waals surface area contributed by atoms with Crippen LogP contribution in [0.15, 0.2) is 18.2 Å². The molecule has 0 aromatic heterocycles. The van der Waals surface area contributed by atoms with E-state index in [0.717, 1.165) is 12.2 Å². The van der Waals surface area contributed by atoms with Crippen molar-refractivity contribution in [3.8, 4) is 6.07 Å². The SMILES string of the molecule is CC(C)(C)CNc1ccc(Cl)c(C#N)c1. The lowest BCUT2D eigenvalue weighted by Crippen LogP contribution is -2.18. The lowest BCUT2D eigenvalue weighted by Gasteiger charge is -2.19. The smallest absolute Gasteiger partial charge is 0.101 e. The maximum Gasteiger partial charge on any atom is 0.101 e. The van der Waals surface area contributed by atoms with Crippen LogP contribution in [-0.4, -0.2) is 6.54 Å². The van der Waals surface area contributed by atoms with Crippen LogP contribution in [0.3, 0.4) is 0 Å². The van der Waals surface area contributed by atoms with Crippen molar-refractivity contribution in [1.29, 1.82) is 5.26 Å². The molecule has 1 aromatic rings. The highest BCUT2D eigenvalue weighted by atomic mass is 35.5. The zero-order valence-corrected chi connectivity index (χ0v) is 10.0. The van der Waals surface area contributed by atoms with Gasteiger partial charge in [0.15, 0.2) is 0 Å². The van der Waals surface area contributed by atoms with E-state index in [1.165, 1.54) is 0 Å². The van der Waals surface area contributed by atoms with Crippen LogP contribution in [0.4, 0.5) is 5.69 Å². The van der Waals surface area contributed by atoms with E-state index in [-0.39, 0.29) is 5.41 Å². The van der Waals surface area contributed by atoms with Crippen molar-refractivity contribution in [2.45, 2.75) is 20.8 Å².